The van der Waals surface area contributed by atoms with Gasteiger partial charge < -0.3 is 5.32 Å². The summed E-state index contributed by atoms with van der Waals surface area (Å²) in [5.41, 5.74) is 1.16. The molecule has 0 aliphatic carbocycles. The van der Waals surface area contributed by atoms with Crippen molar-refractivity contribution >= 4 is 17.2 Å². The number of hydrogen-bond acceptors (Lipinski definition) is 3. The van der Waals surface area contributed by atoms with Gasteiger partial charge in [-0.3, -0.25) is 9.78 Å². The quantitative estimate of drug-likeness (QED) is 0.727. The minimum absolute atomic E-state index is 0.176. The van der Waals surface area contributed by atoms with Crippen molar-refractivity contribution in [3.05, 3.63) is 76.9 Å². The van der Waals surface area contributed by atoms with Crippen LogP contribution < -0.4 is 5.32 Å². The summed E-state index contributed by atoms with van der Waals surface area (Å²) in [5, 5.41) is 4.66. The molecule has 0 saturated heterocycles. The number of carbonyl (C=O) groups excluding carboxylic acids is 1. The summed E-state index contributed by atoms with van der Waals surface area (Å²) >= 11 is 1.59. The molecule has 7 heteroatoms. The Bertz CT molecular complexity index is 859. The van der Waals surface area contributed by atoms with Crippen molar-refractivity contribution in [2.45, 2.75) is 12.7 Å². The van der Waals surface area contributed by atoms with Crippen molar-refractivity contribution in [3.8, 4) is 10.4 Å². The summed E-state index contributed by atoms with van der Waals surface area (Å²) in [6, 6.07) is 9.97. The highest BCUT2D eigenvalue weighted by Crippen LogP contribution is 2.29. The first-order valence-corrected chi connectivity index (χ1v) is 8.25. The lowest BCUT2D eigenvalue weighted by Gasteiger charge is -2.09. The Kier molecular flexibility index (Phi) is 4.85. The van der Waals surface area contributed by atoms with Gasteiger partial charge in [0, 0.05) is 34.9 Å². The molecule has 25 heavy (non-hydrogen) atoms. The second-order valence-corrected chi connectivity index (χ2v) is 6.26. The number of halogens is 3. The van der Waals surface area contributed by atoms with Gasteiger partial charge in [-0.25, -0.2) is 0 Å². The molecule has 0 spiro atoms. The van der Waals surface area contributed by atoms with Crippen LogP contribution in [-0.4, -0.2) is 10.9 Å². The maximum absolute atomic E-state index is 12.5. The van der Waals surface area contributed by atoms with Gasteiger partial charge in [-0.05, 0) is 47.3 Å². The first-order valence-electron chi connectivity index (χ1n) is 7.37. The van der Waals surface area contributed by atoms with Gasteiger partial charge in [0.15, 0.2) is 0 Å². The van der Waals surface area contributed by atoms with Crippen LogP contribution in [0.25, 0.3) is 10.4 Å². The van der Waals surface area contributed by atoms with Crippen LogP contribution in [0.2, 0.25) is 0 Å². The Morgan fingerprint density at radius 3 is 2.52 bits per heavy atom. The highest BCUT2D eigenvalue weighted by atomic mass is 32.1. The smallest absolute Gasteiger partial charge is 0.348 e. The molecule has 1 aromatic carbocycles. The van der Waals surface area contributed by atoms with Crippen molar-refractivity contribution < 1.29 is 18.0 Å². The van der Waals surface area contributed by atoms with E-state index < -0.39 is 17.6 Å². The maximum atomic E-state index is 12.5. The zero-order chi connectivity index (χ0) is 17.9. The van der Waals surface area contributed by atoms with Gasteiger partial charge in [-0.1, -0.05) is 6.07 Å². The number of hydrogen-bond donors (Lipinski definition) is 1. The summed E-state index contributed by atoms with van der Waals surface area (Å²) in [7, 11) is 0. The number of benzene rings is 1. The molecule has 0 atom stereocenters. The molecule has 1 N–H and O–H groups in total. The molecule has 0 radical (unpaired) electrons. The SMILES string of the molecule is O=C(NCc1cncc(-c2cccs2)c1)c1ccc(C(F)(F)F)cc1. The fraction of sp³-hybridized carbons (Fsp3) is 0.111. The summed E-state index contributed by atoms with van der Waals surface area (Å²) in [5.74, 6) is -0.435. The standard InChI is InChI=1S/C18H13F3N2OS/c19-18(20,21)15-5-3-13(4-6-15)17(24)23-10-12-8-14(11-22-9-12)16-2-1-7-25-16/h1-9,11H,10H2,(H,23,24). The van der Waals surface area contributed by atoms with Crippen molar-refractivity contribution in [2.24, 2.45) is 0 Å². The van der Waals surface area contributed by atoms with Gasteiger partial charge in [0.25, 0.3) is 5.91 Å². The predicted molar refractivity (Wildman–Crippen MR) is 90.2 cm³/mol. The van der Waals surface area contributed by atoms with Crippen molar-refractivity contribution in [2.75, 3.05) is 0 Å². The van der Waals surface area contributed by atoms with Gasteiger partial charge in [-0.2, -0.15) is 13.2 Å². The second-order valence-electron chi connectivity index (χ2n) is 5.32. The molecule has 3 aromatic rings. The highest BCUT2D eigenvalue weighted by Gasteiger charge is 2.30. The van der Waals surface area contributed by atoms with Gasteiger partial charge in [0.05, 0.1) is 5.56 Å². The molecule has 1 amide bonds. The van der Waals surface area contributed by atoms with Gasteiger partial charge in [0.2, 0.25) is 0 Å². The van der Waals surface area contributed by atoms with E-state index in [2.05, 4.69) is 10.3 Å². The summed E-state index contributed by atoms with van der Waals surface area (Å²) in [6.07, 6.45) is -1.03. The van der Waals surface area contributed by atoms with Crippen LogP contribution in [0.3, 0.4) is 0 Å². The Morgan fingerprint density at radius 2 is 1.88 bits per heavy atom. The molecule has 0 fully saturated rings. The molecule has 3 nitrogen and oxygen atoms in total. The number of thiophene rings is 1. The van der Waals surface area contributed by atoms with E-state index in [0.717, 1.165) is 28.1 Å². The lowest BCUT2D eigenvalue weighted by Crippen LogP contribution is -2.23. The van der Waals surface area contributed by atoms with Gasteiger partial charge >= 0.3 is 6.18 Å². The van der Waals surface area contributed by atoms with Crippen LogP contribution in [0, 0.1) is 0 Å². The molecular weight excluding hydrogens is 349 g/mol. The number of rotatable bonds is 4. The number of amides is 1. The van der Waals surface area contributed by atoms with E-state index in [0.29, 0.717) is 0 Å². The molecular formula is C18H13F3N2OS. The normalized spacial score (nSPS) is 11.3. The van der Waals surface area contributed by atoms with E-state index in [1.165, 1.54) is 12.1 Å². The van der Waals surface area contributed by atoms with Gasteiger partial charge in [0.1, 0.15) is 0 Å². The Hall–Kier alpha value is -2.67. The molecule has 2 heterocycles. The summed E-state index contributed by atoms with van der Waals surface area (Å²) in [4.78, 5) is 17.3. The summed E-state index contributed by atoms with van der Waals surface area (Å²) in [6.45, 7) is 0.242. The number of nitrogens with one attached hydrogen (secondary N) is 1. The largest absolute Gasteiger partial charge is 0.416 e. The molecule has 128 valence electrons. The van der Waals surface area contributed by atoms with Crippen LogP contribution in [0.4, 0.5) is 13.2 Å². The Balaban J connectivity index is 1.65. The number of carbonyl (C=O) groups is 1. The number of aromatic nitrogens is 1. The first-order chi connectivity index (χ1) is 11.9. The van der Waals surface area contributed by atoms with E-state index in [-0.39, 0.29) is 12.1 Å². The van der Waals surface area contributed by atoms with Crippen LogP contribution in [0.15, 0.2) is 60.2 Å². The fourth-order valence-electron chi connectivity index (χ4n) is 2.26. The molecule has 0 unspecified atom stereocenters. The molecule has 0 bridgehead atoms. The number of nitrogens with zero attached hydrogens (tertiary/aromatic N) is 1. The van der Waals surface area contributed by atoms with Crippen molar-refractivity contribution in [3.63, 3.8) is 0 Å². The van der Waals surface area contributed by atoms with Crippen molar-refractivity contribution in [1.82, 2.24) is 10.3 Å². The van der Waals surface area contributed by atoms with Crippen LogP contribution in [0.5, 0.6) is 0 Å². The fourth-order valence-corrected chi connectivity index (χ4v) is 2.97. The summed E-state index contributed by atoms with van der Waals surface area (Å²) < 4.78 is 37.6. The number of pyridine rings is 1. The predicted octanol–water partition coefficient (Wildman–Crippen LogP) is 4.76. The van der Waals surface area contributed by atoms with E-state index >= 15 is 0 Å². The molecule has 0 aliphatic rings. The third-order valence-electron chi connectivity index (χ3n) is 3.53. The van der Waals surface area contributed by atoms with Crippen molar-refractivity contribution in [1.29, 1.82) is 0 Å². The monoisotopic (exact) mass is 362 g/mol. The third kappa shape index (κ3) is 4.24. The topological polar surface area (TPSA) is 42.0 Å². The molecule has 3 rings (SSSR count). The Labute approximate surface area is 146 Å². The lowest BCUT2D eigenvalue weighted by molar-refractivity contribution is -0.137. The average Bonchev–Trinajstić information content (AvgIpc) is 3.14. The lowest BCUT2D eigenvalue weighted by atomic mass is 10.1. The van der Waals surface area contributed by atoms with Crippen LogP contribution >= 0.6 is 11.3 Å². The van der Waals surface area contributed by atoms with E-state index in [9.17, 15) is 18.0 Å². The second kappa shape index (κ2) is 7.06. The average molecular weight is 362 g/mol. The minimum Gasteiger partial charge on any atom is -0.348 e. The van der Waals surface area contributed by atoms with Gasteiger partial charge in [-0.15, -0.1) is 11.3 Å². The first kappa shape index (κ1) is 17.2. The van der Waals surface area contributed by atoms with E-state index in [4.69, 9.17) is 0 Å². The highest BCUT2D eigenvalue weighted by molar-refractivity contribution is 7.13. The van der Waals surface area contributed by atoms with Crippen LogP contribution in [-0.2, 0) is 12.7 Å². The van der Waals surface area contributed by atoms with Crippen LogP contribution in [0.1, 0.15) is 21.5 Å². The zero-order valence-corrected chi connectivity index (χ0v) is 13.7. The van der Waals surface area contributed by atoms with E-state index in [1.54, 1.807) is 23.7 Å². The molecule has 0 aliphatic heterocycles. The van der Waals surface area contributed by atoms with E-state index in [1.807, 2.05) is 23.6 Å². The Morgan fingerprint density at radius 1 is 1.12 bits per heavy atom. The number of alkyl halides is 3. The molecule has 0 saturated carbocycles. The zero-order valence-electron chi connectivity index (χ0n) is 12.9. The third-order valence-corrected chi connectivity index (χ3v) is 4.45. The molecule has 2 aromatic heterocycles. The minimum atomic E-state index is -4.41. The maximum Gasteiger partial charge on any atom is 0.416 e.